The van der Waals surface area contributed by atoms with E-state index in [-0.39, 0.29) is 11.9 Å². The highest BCUT2D eigenvalue weighted by molar-refractivity contribution is 5.35. The van der Waals surface area contributed by atoms with E-state index in [1.165, 1.54) is 17.7 Å². The van der Waals surface area contributed by atoms with Crippen LogP contribution >= 0.6 is 0 Å². The van der Waals surface area contributed by atoms with Gasteiger partial charge in [-0.25, -0.2) is 9.07 Å². The average molecular weight is 323 g/mol. The van der Waals surface area contributed by atoms with Gasteiger partial charge in [0.2, 0.25) is 0 Å². The molecule has 0 spiro atoms. The van der Waals surface area contributed by atoms with Crippen molar-refractivity contribution in [2.45, 2.75) is 26.3 Å². The molecule has 0 amide bonds. The van der Waals surface area contributed by atoms with Crippen LogP contribution in [0.5, 0.6) is 0 Å². The Kier molecular flexibility index (Phi) is 5.06. The third-order valence-corrected chi connectivity index (χ3v) is 4.27. The summed E-state index contributed by atoms with van der Waals surface area (Å²) in [6, 6.07) is 17.1. The van der Waals surface area contributed by atoms with Crippen molar-refractivity contribution in [3.8, 4) is 5.69 Å². The Labute approximate surface area is 142 Å². The highest BCUT2D eigenvalue weighted by atomic mass is 19.1. The second kappa shape index (κ2) is 7.41. The summed E-state index contributed by atoms with van der Waals surface area (Å²) < 4.78 is 15.2. The van der Waals surface area contributed by atoms with Gasteiger partial charge in [-0.15, -0.1) is 0 Å². The summed E-state index contributed by atoms with van der Waals surface area (Å²) in [5, 5.41) is 7.96. The molecule has 3 nitrogen and oxygen atoms in total. The summed E-state index contributed by atoms with van der Waals surface area (Å²) in [5.41, 5.74) is 4.23. The van der Waals surface area contributed by atoms with Gasteiger partial charge in [0.05, 0.1) is 11.9 Å². The number of halogens is 1. The molecule has 2 aromatic carbocycles. The molecule has 1 N–H and O–H groups in total. The third-order valence-electron chi connectivity index (χ3n) is 4.27. The lowest BCUT2D eigenvalue weighted by Gasteiger charge is -2.14. The van der Waals surface area contributed by atoms with Crippen molar-refractivity contribution < 1.29 is 4.39 Å². The van der Waals surface area contributed by atoms with Crippen LogP contribution in [0.4, 0.5) is 4.39 Å². The molecule has 0 fully saturated rings. The Balaban J connectivity index is 1.66. The van der Waals surface area contributed by atoms with Crippen LogP contribution < -0.4 is 5.32 Å². The molecule has 0 aliphatic heterocycles. The van der Waals surface area contributed by atoms with Crippen LogP contribution in [-0.4, -0.2) is 16.3 Å². The Morgan fingerprint density at radius 2 is 1.92 bits per heavy atom. The van der Waals surface area contributed by atoms with E-state index in [2.05, 4.69) is 41.6 Å². The molecule has 0 saturated carbocycles. The molecular formula is C20H22FN3. The van der Waals surface area contributed by atoms with Gasteiger partial charge in [-0.1, -0.05) is 36.4 Å². The number of nitrogens with zero attached hydrogens (tertiary/aromatic N) is 2. The van der Waals surface area contributed by atoms with Crippen LogP contribution in [0.3, 0.4) is 0 Å². The Morgan fingerprint density at radius 1 is 1.12 bits per heavy atom. The van der Waals surface area contributed by atoms with Gasteiger partial charge in [0.1, 0.15) is 5.82 Å². The summed E-state index contributed by atoms with van der Waals surface area (Å²) in [4.78, 5) is 0. The lowest BCUT2D eigenvalue weighted by Crippen LogP contribution is -2.21. The summed E-state index contributed by atoms with van der Waals surface area (Å²) in [5.74, 6) is -0.252. The summed E-state index contributed by atoms with van der Waals surface area (Å²) in [6.07, 6.45) is 2.85. The van der Waals surface area contributed by atoms with E-state index in [9.17, 15) is 4.39 Å². The molecule has 24 heavy (non-hydrogen) atoms. The van der Waals surface area contributed by atoms with Crippen molar-refractivity contribution in [3.05, 3.63) is 83.4 Å². The minimum absolute atomic E-state index is 0.191. The normalized spacial score (nSPS) is 12.3. The highest BCUT2D eigenvalue weighted by Crippen LogP contribution is 2.20. The predicted molar refractivity (Wildman–Crippen MR) is 94.8 cm³/mol. The van der Waals surface area contributed by atoms with Gasteiger partial charge >= 0.3 is 0 Å². The monoisotopic (exact) mass is 323 g/mol. The first-order chi connectivity index (χ1) is 11.6. The van der Waals surface area contributed by atoms with Crippen molar-refractivity contribution in [3.63, 3.8) is 0 Å². The minimum Gasteiger partial charge on any atom is -0.310 e. The van der Waals surface area contributed by atoms with Crippen LogP contribution in [0, 0.1) is 12.7 Å². The molecule has 3 aromatic rings. The fraction of sp³-hybridized carbons (Fsp3) is 0.250. The lowest BCUT2D eigenvalue weighted by atomic mass is 10.1. The SMILES string of the molecule is Cc1c(C(C)NCCc2ccccc2)cnn1-c1cccc(F)c1. The Bertz CT molecular complexity index is 796. The first-order valence-electron chi connectivity index (χ1n) is 8.23. The molecule has 1 unspecified atom stereocenters. The van der Waals surface area contributed by atoms with Crippen molar-refractivity contribution in [2.24, 2.45) is 0 Å². The molecule has 1 heterocycles. The molecule has 0 aliphatic rings. The van der Waals surface area contributed by atoms with E-state index in [0.29, 0.717) is 0 Å². The van der Waals surface area contributed by atoms with E-state index in [1.807, 2.05) is 25.3 Å². The van der Waals surface area contributed by atoms with E-state index in [4.69, 9.17) is 0 Å². The zero-order valence-electron chi connectivity index (χ0n) is 14.0. The van der Waals surface area contributed by atoms with Crippen LogP contribution in [0.1, 0.15) is 29.8 Å². The highest BCUT2D eigenvalue weighted by Gasteiger charge is 2.14. The maximum Gasteiger partial charge on any atom is 0.125 e. The number of hydrogen-bond donors (Lipinski definition) is 1. The zero-order valence-corrected chi connectivity index (χ0v) is 14.0. The van der Waals surface area contributed by atoms with Gasteiger partial charge in [-0.3, -0.25) is 0 Å². The molecular weight excluding hydrogens is 301 g/mol. The van der Waals surface area contributed by atoms with Crippen molar-refractivity contribution in [2.75, 3.05) is 6.54 Å². The molecule has 0 saturated heterocycles. The number of nitrogens with one attached hydrogen (secondary N) is 1. The molecule has 4 heteroatoms. The minimum atomic E-state index is -0.252. The number of benzene rings is 2. The van der Waals surface area contributed by atoms with Crippen LogP contribution in [0.2, 0.25) is 0 Å². The summed E-state index contributed by atoms with van der Waals surface area (Å²) in [6.45, 7) is 5.04. The zero-order chi connectivity index (χ0) is 16.9. The second-order valence-corrected chi connectivity index (χ2v) is 5.99. The smallest absolute Gasteiger partial charge is 0.125 e. The second-order valence-electron chi connectivity index (χ2n) is 5.99. The van der Waals surface area contributed by atoms with Crippen molar-refractivity contribution in [1.29, 1.82) is 0 Å². The van der Waals surface area contributed by atoms with Gasteiger partial charge in [0.15, 0.2) is 0 Å². The van der Waals surface area contributed by atoms with E-state index in [0.717, 1.165) is 29.9 Å². The van der Waals surface area contributed by atoms with Crippen LogP contribution in [-0.2, 0) is 6.42 Å². The summed E-state index contributed by atoms with van der Waals surface area (Å²) >= 11 is 0. The standard InChI is InChI=1S/C20H22FN3/c1-15(22-12-11-17-7-4-3-5-8-17)20-14-23-24(16(20)2)19-10-6-9-18(21)13-19/h3-10,13-15,22H,11-12H2,1-2H3. The topological polar surface area (TPSA) is 29.9 Å². The predicted octanol–water partition coefficient (Wildman–Crippen LogP) is 4.21. The summed E-state index contributed by atoms with van der Waals surface area (Å²) in [7, 11) is 0. The van der Waals surface area contributed by atoms with Gasteiger partial charge in [-0.2, -0.15) is 5.10 Å². The quantitative estimate of drug-likeness (QED) is 0.736. The third kappa shape index (κ3) is 3.71. The first-order valence-corrected chi connectivity index (χ1v) is 8.23. The molecule has 0 radical (unpaired) electrons. The van der Waals surface area contributed by atoms with Crippen molar-refractivity contribution in [1.82, 2.24) is 15.1 Å². The van der Waals surface area contributed by atoms with Gasteiger partial charge in [0, 0.05) is 17.3 Å². The van der Waals surface area contributed by atoms with Gasteiger partial charge < -0.3 is 5.32 Å². The van der Waals surface area contributed by atoms with E-state index < -0.39 is 0 Å². The fourth-order valence-corrected chi connectivity index (χ4v) is 2.90. The molecule has 124 valence electrons. The molecule has 0 bridgehead atoms. The number of aromatic nitrogens is 2. The van der Waals surface area contributed by atoms with E-state index in [1.54, 1.807) is 10.7 Å². The van der Waals surface area contributed by atoms with Crippen molar-refractivity contribution >= 4 is 0 Å². The Morgan fingerprint density at radius 3 is 2.67 bits per heavy atom. The van der Waals surface area contributed by atoms with Gasteiger partial charge in [-0.05, 0) is 50.6 Å². The molecule has 1 atom stereocenters. The maximum absolute atomic E-state index is 13.4. The first kappa shape index (κ1) is 16.4. The molecule has 0 aliphatic carbocycles. The number of hydrogen-bond acceptors (Lipinski definition) is 2. The average Bonchev–Trinajstić information content (AvgIpc) is 2.97. The Hall–Kier alpha value is -2.46. The van der Waals surface area contributed by atoms with Crippen LogP contribution in [0.15, 0.2) is 60.8 Å². The van der Waals surface area contributed by atoms with E-state index >= 15 is 0 Å². The molecule has 1 aromatic heterocycles. The van der Waals surface area contributed by atoms with Crippen LogP contribution in [0.25, 0.3) is 5.69 Å². The fourth-order valence-electron chi connectivity index (χ4n) is 2.90. The maximum atomic E-state index is 13.4. The largest absolute Gasteiger partial charge is 0.310 e. The number of rotatable bonds is 6. The van der Waals surface area contributed by atoms with Gasteiger partial charge in [0.25, 0.3) is 0 Å². The lowest BCUT2D eigenvalue weighted by molar-refractivity contribution is 0.574. The molecule has 3 rings (SSSR count).